The van der Waals surface area contributed by atoms with Gasteiger partial charge >= 0.3 is 0 Å². The molecule has 1 aromatic heterocycles. The molecule has 122 valence electrons. The molecule has 1 heterocycles. The monoisotopic (exact) mass is 350 g/mol. The van der Waals surface area contributed by atoms with Crippen molar-refractivity contribution in [2.75, 3.05) is 13.7 Å². The maximum atomic E-state index is 6.18. The number of unbranched alkanes of at least 4 members (excludes halogenated alkanes) is 1. The van der Waals surface area contributed by atoms with Gasteiger partial charge in [-0.2, -0.15) is 5.10 Å². The van der Waals surface area contributed by atoms with Crippen molar-refractivity contribution < 1.29 is 4.74 Å². The zero-order valence-electron chi connectivity index (χ0n) is 13.1. The number of rotatable bonds is 6. The fourth-order valence-corrected chi connectivity index (χ4v) is 2.29. The zero-order valence-corrected chi connectivity index (χ0v) is 14.7. The molecule has 0 radical (unpaired) electrons. The molecule has 0 saturated heterocycles. The van der Waals surface area contributed by atoms with E-state index in [9.17, 15) is 0 Å². The van der Waals surface area contributed by atoms with Gasteiger partial charge in [-0.15, -0.1) is 0 Å². The molecule has 2 N–H and O–H groups in total. The maximum absolute atomic E-state index is 6.18. The maximum Gasteiger partial charge on any atom is 0.186 e. The first-order valence-electron chi connectivity index (χ1n) is 7.35. The van der Waals surface area contributed by atoms with Gasteiger partial charge in [0.2, 0.25) is 0 Å². The average molecular weight is 351 g/mol. The van der Waals surface area contributed by atoms with E-state index in [1.54, 1.807) is 13.3 Å². The van der Waals surface area contributed by atoms with Crippen molar-refractivity contribution in [1.82, 2.24) is 15.7 Å². The molecule has 0 fully saturated rings. The number of benzene rings is 1. The van der Waals surface area contributed by atoms with Crippen molar-refractivity contribution in [3.63, 3.8) is 0 Å². The SMILES string of the molecule is CCCCNC(=S)N/N=C\c1cc2cc(OC)ccc2nc1Cl. The molecular weight excluding hydrogens is 332 g/mol. The number of hydrogen-bond acceptors (Lipinski definition) is 4. The lowest BCUT2D eigenvalue weighted by atomic mass is 10.1. The number of halogens is 1. The van der Waals surface area contributed by atoms with Gasteiger partial charge in [-0.1, -0.05) is 24.9 Å². The highest BCUT2D eigenvalue weighted by Gasteiger charge is 2.04. The number of aromatic nitrogens is 1. The second kappa shape index (κ2) is 8.64. The molecule has 23 heavy (non-hydrogen) atoms. The second-order valence-corrected chi connectivity index (χ2v) is 5.67. The Labute approximate surface area is 146 Å². The van der Waals surface area contributed by atoms with E-state index in [4.69, 9.17) is 28.6 Å². The number of hydrogen-bond donors (Lipinski definition) is 2. The van der Waals surface area contributed by atoms with Crippen molar-refractivity contribution in [2.45, 2.75) is 19.8 Å². The van der Waals surface area contributed by atoms with Gasteiger partial charge in [0.15, 0.2) is 5.11 Å². The van der Waals surface area contributed by atoms with E-state index in [0.29, 0.717) is 15.8 Å². The Morgan fingerprint density at radius 3 is 3.00 bits per heavy atom. The first-order valence-corrected chi connectivity index (χ1v) is 8.14. The molecular formula is C16H19ClN4OS. The first-order chi connectivity index (χ1) is 11.1. The Bertz CT molecular complexity index is 721. The summed E-state index contributed by atoms with van der Waals surface area (Å²) >= 11 is 11.3. The molecule has 2 rings (SSSR count). The lowest BCUT2D eigenvalue weighted by molar-refractivity contribution is 0.415. The lowest BCUT2D eigenvalue weighted by Gasteiger charge is -2.06. The standard InChI is InChI=1S/C16H19ClN4OS/c1-3-4-7-18-16(23)21-19-10-12-8-11-9-13(22-2)5-6-14(11)20-15(12)17/h5-6,8-10H,3-4,7H2,1-2H3,(H2,18,21,23)/b19-10-. The van der Waals surface area contributed by atoms with Gasteiger partial charge in [0.05, 0.1) is 18.8 Å². The topological polar surface area (TPSA) is 58.5 Å². The smallest absolute Gasteiger partial charge is 0.186 e. The molecule has 0 spiro atoms. The predicted molar refractivity (Wildman–Crippen MR) is 99.5 cm³/mol. The number of hydrazone groups is 1. The van der Waals surface area contributed by atoms with Crippen molar-refractivity contribution >= 4 is 46.0 Å². The van der Waals surface area contributed by atoms with Crippen LogP contribution in [0.5, 0.6) is 5.75 Å². The van der Waals surface area contributed by atoms with Crippen LogP contribution in [0, 0.1) is 0 Å². The average Bonchev–Trinajstić information content (AvgIpc) is 2.55. The van der Waals surface area contributed by atoms with Crippen LogP contribution in [0.25, 0.3) is 10.9 Å². The van der Waals surface area contributed by atoms with Crippen LogP contribution < -0.4 is 15.5 Å². The van der Waals surface area contributed by atoms with Crippen LogP contribution in [0.15, 0.2) is 29.4 Å². The normalized spacial score (nSPS) is 10.9. The third-order valence-corrected chi connectivity index (χ3v) is 3.73. The fourth-order valence-electron chi connectivity index (χ4n) is 1.94. The molecule has 2 aromatic rings. The lowest BCUT2D eigenvalue weighted by Crippen LogP contribution is -2.32. The van der Waals surface area contributed by atoms with Crippen LogP contribution in [-0.2, 0) is 0 Å². The summed E-state index contributed by atoms with van der Waals surface area (Å²) in [7, 11) is 1.63. The summed E-state index contributed by atoms with van der Waals surface area (Å²) < 4.78 is 5.22. The van der Waals surface area contributed by atoms with E-state index in [1.165, 1.54) is 0 Å². The van der Waals surface area contributed by atoms with Gasteiger partial charge < -0.3 is 10.1 Å². The number of ether oxygens (including phenoxy) is 1. The van der Waals surface area contributed by atoms with E-state index in [-0.39, 0.29) is 0 Å². The molecule has 0 bridgehead atoms. The van der Waals surface area contributed by atoms with Crippen molar-refractivity contribution in [1.29, 1.82) is 0 Å². The minimum absolute atomic E-state index is 0.387. The van der Waals surface area contributed by atoms with E-state index >= 15 is 0 Å². The van der Waals surface area contributed by atoms with Gasteiger partial charge in [-0.25, -0.2) is 4.98 Å². The Morgan fingerprint density at radius 2 is 2.26 bits per heavy atom. The highest BCUT2D eigenvalue weighted by molar-refractivity contribution is 7.80. The number of nitrogens with one attached hydrogen (secondary N) is 2. The van der Waals surface area contributed by atoms with Gasteiger partial charge in [0.25, 0.3) is 0 Å². The van der Waals surface area contributed by atoms with Gasteiger partial charge in [-0.3, -0.25) is 5.43 Å². The second-order valence-electron chi connectivity index (χ2n) is 4.91. The number of fused-ring (bicyclic) bond motifs is 1. The highest BCUT2D eigenvalue weighted by atomic mass is 35.5. The van der Waals surface area contributed by atoms with Crippen LogP contribution >= 0.6 is 23.8 Å². The van der Waals surface area contributed by atoms with E-state index in [1.807, 2.05) is 24.3 Å². The van der Waals surface area contributed by atoms with Gasteiger partial charge in [0.1, 0.15) is 10.9 Å². The molecule has 0 amide bonds. The molecule has 0 aliphatic rings. The summed E-state index contributed by atoms with van der Waals surface area (Å²) in [6.45, 7) is 2.95. The van der Waals surface area contributed by atoms with E-state index in [2.05, 4.69) is 27.8 Å². The molecule has 0 atom stereocenters. The molecule has 0 aliphatic heterocycles. The van der Waals surface area contributed by atoms with Gasteiger partial charge in [0, 0.05) is 17.5 Å². The van der Waals surface area contributed by atoms with Crippen LogP contribution in [0.3, 0.4) is 0 Å². The minimum Gasteiger partial charge on any atom is -0.497 e. The van der Waals surface area contributed by atoms with Crippen LogP contribution in [-0.4, -0.2) is 30.0 Å². The first kappa shape index (κ1) is 17.4. The Balaban J connectivity index is 2.08. The number of pyridine rings is 1. The molecule has 0 aliphatic carbocycles. The molecule has 1 aromatic carbocycles. The van der Waals surface area contributed by atoms with Crippen LogP contribution in [0.2, 0.25) is 5.15 Å². The summed E-state index contributed by atoms with van der Waals surface area (Å²) in [5, 5.41) is 8.97. The van der Waals surface area contributed by atoms with Crippen molar-refractivity contribution in [3.8, 4) is 5.75 Å². The van der Waals surface area contributed by atoms with Gasteiger partial charge in [-0.05, 0) is 42.9 Å². The summed E-state index contributed by atoms with van der Waals surface area (Å²) in [4.78, 5) is 4.35. The number of thiocarbonyl (C=S) groups is 1. The zero-order chi connectivity index (χ0) is 16.7. The molecule has 5 nitrogen and oxygen atoms in total. The molecule has 0 saturated carbocycles. The molecule has 7 heteroatoms. The number of nitrogens with zero attached hydrogens (tertiary/aromatic N) is 2. The Kier molecular flexibility index (Phi) is 6.55. The third-order valence-electron chi connectivity index (χ3n) is 3.19. The Morgan fingerprint density at radius 1 is 1.43 bits per heavy atom. The quantitative estimate of drug-likeness (QED) is 0.274. The van der Waals surface area contributed by atoms with Crippen LogP contribution in [0.1, 0.15) is 25.3 Å². The molecule has 0 unspecified atom stereocenters. The number of methoxy groups -OCH3 is 1. The fraction of sp³-hybridized carbons (Fsp3) is 0.312. The largest absolute Gasteiger partial charge is 0.497 e. The minimum atomic E-state index is 0.387. The van der Waals surface area contributed by atoms with Crippen molar-refractivity contribution in [2.24, 2.45) is 5.10 Å². The third kappa shape index (κ3) is 5.04. The predicted octanol–water partition coefficient (Wildman–Crippen LogP) is 3.49. The Hall–Kier alpha value is -1.92. The van der Waals surface area contributed by atoms with E-state index < -0.39 is 0 Å². The highest BCUT2D eigenvalue weighted by Crippen LogP contribution is 2.23. The summed E-state index contributed by atoms with van der Waals surface area (Å²) in [5.74, 6) is 0.768. The summed E-state index contributed by atoms with van der Waals surface area (Å²) in [6.07, 6.45) is 3.77. The summed E-state index contributed by atoms with van der Waals surface area (Å²) in [6, 6.07) is 7.53. The van der Waals surface area contributed by atoms with Crippen molar-refractivity contribution in [3.05, 3.63) is 35.0 Å². The summed E-state index contributed by atoms with van der Waals surface area (Å²) in [5.41, 5.74) is 4.27. The van der Waals surface area contributed by atoms with Crippen LogP contribution in [0.4, 0.5) is 0 Å². The van der Waals surface area contributed by atoms with E-state index in [0.717, 1.165) is 36.0 Å².